The average Bonchev–Trinajstić information content (AvgIpc) is 2.87. The minimum Gasteiger partial charge on any atom is -0.495 e. The molecule has 42 heavy (non-hydrogen) atoms. The van der Waals surface area contributed by atoms with Gasteiger partial charge in [-0.05, 0) is 23.3 Å². The second-order valence-electron chi connectivity index (χ2n) is 8.25. The highest BCUT2D eigenvalue weighted by atomic mass is 19.4. The Morgan fingerprint density at radius 1 is 0.571 bits per heavy atom. The van der Waals surface area contributed by atoms with E-state index in [4.69, 9.17) is 0 Å². The van der Waals surface area contributed by atoms with Gasteiger partial charge in [0.2, 0.25) is 0 Å². The van der Waals surface area contributed by atoms with Crippen molar-refractivity contribution in [3.8, 4) is 16.9 Å². The van der Waals surface area contributed by atoms with Crippen molar-refractivity contribution in [1.82, 2.24) is 0 Å². The van der Waals surface area contributed by atoms with Crippen LogP contribution in [0.3, 0.4) is 0 Å². The molecule has 0 aliphatic rings. The normalized spacial score (nSPS) is 14.5. The average molecular weight is 645 g/mol. The van der Waals surface area contributed by atoms with Crippen LogP contribution in [0.2, 0.25) is 0 Å². The molecule has 0 saturated heterocycles. The SMILES string of the molecule is COc1ccc(-c2ccccc2)cc1NC(=O)C(F)(F)C(F)(F)C(F)(F)C(F)(F)C(F)(F)C(F)(F)C(F)(F)C(F)(F)F. The summed E-state index contributed by atoms with van der Waals surface area (Å²) in [5.74, 6) is -62.8. The molecule has 0 aliphatic carbocycles. The van der Waals surface area contributed by atoms with E-state index in [9.17, 15) is 79.4 Å². The molecule has 2 rings (SSSR count). The fourth-order valence-electron chi connectivity index (χ4n) is 3.12. The lowest BCUT2D eigenvalue weighted by atomic mass is 9.88. The highest BCUT2D eigenvalue weighted by Gasteiger charge is 2.95. The maximum absolute atomic E-state index is 14.3. The summed E-state index contributed by atoms with van der Waals surface area (Å²) in [5, 5.41) is 0.878. The van der Waals surface area contributed by atoms with E-state index < -0.39 is 65.0 Å². The number of hydrogen-bond donors (Lipinski definition) is 1. The molecule has 0 spiro atoms. The number of hydrogen-bond acceptors (Lipinski definition) is 2. The highest BCUT2D eigenvalue weighted by molar-refractivity contribution is 5.98. The van der Waals surface area contributed by atoms with Crippen LogP contribution in [0.25, 0.3) is 11.1 Å². The number of carbonyl (C=O) groups is 1. The summed E-state index contributed by atoms with van der Waals surface area (Å²) in [7, 11) is 0.799. The largest absolute Gasteiger partial charge is 0.495 e. The molecule has 0 bridgehead atoms. The molecule has 0 atom stereocenters. The van der Waals surface area contributed by atoms with Gasteiger partial charge in [-0.25, -0.2) is 0 Å². The first-order valence-electron chi connectivity index (χ1n) is 10.4. The third-order valence-electron chi connectivity index (χ3n) is 5.56. The van der Waals surface area contributed by atoms with Crippen LogP contribution in [-0.4, -0.2) is 60.7 Å². The summed E-state index contributed by atoms with van der Waals surface area (Å²) in [6.45, 7) is 0. The molecule has 0 heterocycles. The molecule has 0 aliphatic heterocycles. The first kappa shape index (κ1) is 34.7. The number of alkyl halides is 17. The summed E-state index contributed by atoms with van der Waals surface area (Å²) in [5.41, 5.74) is -0.806. The lowest BCUT2D eigenvalue weighted by molar-refractivity contribution is -0.459. The van der Waals surface area contributed by atoms with E-state index in [0.29, 0.717) is 6.07 Å². The van der Waals surface area contributed by atoms with Gasteiger partial charge in [0, 0.05) is 0 Å². The fraction of sp³-hybridized carbons (Fsp3) is 0.409. The lowest BCUT2D eigenvalue weighted by Gasteiger charge is -2.42. The molecule has 236 valence electrons. The van der Waals surface area contributed by atoms with Gasteiger partial charge in [-0.15, -0.1) is 0 Å². The van der Waals surface area contributed by atoms with E-state index in [-0.39, 0.29) is 11.1 Å². The first-order valence-corrected chi connectivity index (χ1v) is 10.4. The molecule has 0 unspecified atom stereocenters. The summed E-state index contributed by atoms with van der Waals surface area (Å²) in [6.07, 6.45) is -7.86. The highest BCUT2D eigenvalue weighted by Crippen LogP contribution is 2.64. The smallest absolute Gasteiger partial charge is 0.460 e. The molecule has 1 N–H and O–H groups in total. The third kappa shape index (κ3) is 4.95. The standard InChI is InChI=1S/C22H12F17NO2/c1-42-13-8-7-11(10-5-3-2-4-6-10)9-12(13)40-14(41)15(23,24)16(25,26)17(27,28)18(29,30)19(31,32)20(33,34)21(35,36)22(37,38)39/h2-9H,1H3,(H,40,41). The van der Waals surface area contributed by atoms with Crippen molar-refractivity contribution in [1.29, 1.82) is 0 Å². The van der Waals surface area contributed by atoms with Crippen molar-refractivity contribution in [3.05, 3.63) is 48.5 Å². The Morgan fingerprint density at radius 2 is 1.00 bits per heavy atom. The van der Waals surface area contributed by atoms with E-state index >= 15 is 0 Å². The Morgan fingerprint density at radius 3 is 1.43 bits per heavy atom. The van der Waals surface area contributed by atoms with Crippen LogP contribution in [-0.2, 0) is 4.79 Å². The maximum Gasteiger partial charge on any atom is 0.460 e. The van der Waals surface area contributed by atoms with E-state index in [1.165, 1.54) is 36.4 Å². The predicted molar refractivity (Wildman–Crippen MR) is 108 cm³/mol. The monoisotopic (exact) mass is 645 g/mol. The van der Waals surface area contributed by atoms with Crippen LogP contribution in [0.1, 0.15) is 0 Å². The van der Waals surface area contributed by atoms with Gasteiger partial charge in [0.1, 0.15) is 5.75 Å². The van der Waals surface area contributed by atoms with E-state index in [1.807, 2.05) is 0 Å². The molecular weight excluding hydrogens is 633 g/mol. The summed E-state index contributed by atoms with van der Waals surface area (Å²) in [6, 6.07) is 9.87. The molecule has 3 nitrogen and oxygen atoms in total. The van der Waals surface area contributed by atoms with E-state index in [1.54, 1.807) is 0 Å². The van der Waals surface area contributed by atoms with Crippen molar-refractivity contribution >= 4 is 11.6 Å². The molecule has 1 amide bonds. The number of halogens is 17. The molecule has 0 fully saturated rings. The molecule has 0 aromatic heterocycles. The molecule has 2 aromatic rings. The second-order valence-corrected chi connectivity index (χ2v) is 8.25. The van der Waals surface area contributed by atoms with Crippen molar-refractivity contribution in [2.75, 3.05) is 12.4 Å². The summed E-state index contributed by atoms with van der Waals surface area (Å²) >= 11 is 0. The van der Waals surface area contributed by atoms with Crippen molar-refractivity contribution < 1.29 is 84.2 Å². The van der Waals surface area contributed by atoms with E-state index in [2.05, 4.69) is 4.74 Å². The number of carbonyl (C=O) groups excluding carboxylic acids is 1. The van der Waals surface area contributed by atoms with Crippen LogP contribution in [0.15, 0.2) is 48.5 Å². The molecule has 2 aromatic carbocycles. The topological polar surface area (TPSA) is 38.3 Å². The van der Waals surface area contributed by atoms with E-state index in [0.717, 1.165) is 18.5 Å². The fourth-order valence-corrected chi connectivity index (χ4v) is 3.12. The lowest BCUT2D eigenvalue weighted by Crippen LogP contribution is -2.75. The predicted octanol–water partition coefficient (Wildman–Crippen LogP) is 8.31. The Hall–Kier alpha value is -3.48. The zero-order chi connectivity index (χ0) is 33.0. The number of benzene rings is 2. The zero-order valence-electron chi connectivity index (χ0n) is 19.9. The van der Waals surface area contributed by atoms with Gasteiger partial charge in [0.25, 0.3) is 0 Å². The minimum atomic E-state index is -8.79. The number of anilines is 1. The Balaban J connectivity index is 2.57. The second kappa shape index (κ2) is 10.4. The minimum absolute atomic E-state index is 0.00824. The number of rotatable bonds is 10. The molecule has 0 saturated carbocycles. The number of methoxy groups -OCH3 is 1. The Kier molecular flexibility index (Phi) is 8.56. The number of ether oxygens (including phenoxy) is 1. The quantitative estimate of drug-likeness (QED) is 0.264. The van der Waals surface area contributed by atoms with Gasteiger partial charge < -0.3 is 10.1 Å². The van der Waals surface area contributed by atoms with Crippen LogP contribution in [0.5, 0.6) is 5.75 Å². The van der Waals surface area contributed by atoms with Crippen molar-refractivity contribution in [3.63, 3.8) is 0 Å². The van der Waals surface area contributed by atoms with Gasteiger partial charge in [0.15, 0.2) is 0 Å². The Bertz CT molecular complexity index is 1290. The third-order valence-corrected chi connectivity index (χ3v) is 5.56. The first-order chi connectivity index (χ1) is 18.7. The van der Waals surface area contributed by atoms with Gasteiger partial charge in [-0.2, -0.15) is 74.6 Å². The van der Waals surface area contributed by atoms with Crippen molar-refractivity contribution in [2.24, 2.45) is 0 Å². The maximum atomic E-state index is 14.3. The zero-order valence-corrected chi connectivity index (χ0v) is 19.9. The van der Waals surface area contributed by atoms with Crippen LogP contribution in [0.4, 0.5) is 80.3 Å². The molecule has 20 heteroatoms. The summed E-state index contributed by atoms with van der Waals surface area (Å²) in [4.78, 5) is 11.9. The van der Waals surface area contributed by atoms with Gasteiger partial charge in [-0.1, -0.05) is 36.4 Å². The summed E-state index contributed by atoms with van der Waals surface area (Å²) < 4.78 is 233. The van der Waals surface area contributed by atoms with Gasteiger partial charge in [0.05, 0.1) is 12.8 Å². The van der Waals surface area contributed by atoms with Gasteiger partial charge >= 0.3 is 53.5 Å². The molecular formula is C22H12F17NO2. The van der Waals surface area contributed by atoms with Crippen LogP contribution < -0.4 is 10.1 Å². The van der Waals surface area contributed by atoms with Gasteiger partial charge in [-0.3, -0.25) is 4.79 Å². The Labute approximate surface area is 222 Å². The van der Waals surface area contributed by atoms with Crippen LogP contribution >= 0.6 is 0 Å². The number of nitrogens with one attached hydrogen (secondary N) is 1. The van der Waals surface area contributed by atoms with Crippen LogP contribution in [0, 0.1) is 0 Å². The van der Waals surface area contributed by atoms with Crippen molar-refractivity contribution in [2.45, 2.75) is 47.6 Å². The number of amides is 1. The molecule has 0 radical (unpaired) electrons.